The van der Waals surface area contributed by atoms with Crippen molar-refractivity contribution in [2.45, 2.75) is 26.3 Å². The smallest absolute Gasteiger partial charge is 0.306 e. The summed E-state index contributed by atoms with van der Waals surface area (Å²) in [6.45, 7) is 2.70. The Morgan fingerprint density at radius 1 is 1.48 bits per heavy atom. The number of carbonyl (C=O) groups is 1. The number of nitrogens with zero attached hydrogens (tertiary/aromatic N) is 1. The van der Waals surface area contributed by atoms with Gasteiger partial charge in [-0.15, -0.1) is 11.3 Å². The fourth-order valence-electron chi connectivity index (χ4n) is 1.79. The zero-order valence-electron chi connectivity index (χ0n) is 11.8. The molecule has 0 aliphatic rings. The van der Waals surface area contributed by atoms with Crippen LogP contribution in [0.2, 0.25) is 0 Å². The van der Waals surface area contributed by atoms with E-state index >= 15 is 0 Å². The molecular formula is C15H17FN2O2S. The van der Waals surface area contributed by atoms with Crippen molar-refractivity contribution in [1.82, 2.24) is 4.98 Å². The minimum absolute atomic E-state index is 0.209. The van der Waals surface area contributed by atoms with Gasteiger partial charge < -0.3 is 10.1 Å². The van der Waals surface area contributed by atoms with Crippen LogP contribution in [-0.4, -0.2) is 17.6 Å². The molecule has 0 amide bonds. The van der Waals surface area contributed by atoms with Gasteiger partial charge in [0.25, 0.3) is 0 Å². The molecule has 0 spiro atoms. The quantitative estimate of drug-likeness (QED) is 0.797. The van der Waals surface area contributed by atoms with E-state index in [1.165, 1.54) is 23.5 Å². The number of thiazole rings is 1. The lowest BCUT2D eigenvalue weighted by molar-refractivity contribution is -0.143. The molecule has 21 heavy (non-hydrogen) atoms. The number of hydrogen-bond acceptors (Lipinski definition) is 5. The molecule has 1 heterocycles. The lowest BCUT2D eigenvalue weighted by atomic mass is 10.2. The Bertz CT molecular complexity index is 601. The molecule has 6 heteroatoms. The molecule has 0 radical (unpaired) electrons. The van der Waals surface area contributed by atoms with Crippen molar-refractivity contribution in [2.75, 3.05) is 11.9 Å². The highest BCUT2D eigenvalue weighted by atomic mass is 32.1. The maximum Gasteiger partial charge on any atom is 0.306 e. The number of hydrogen-bond donors (Lipinski definition) is 1. The maximum absolute atomic E-state index is 13.1. The van der Waals surface area contributed by atoms with Gasteiger partial charge in [-0.25, -0.2) is 9.37 Å². The van der Waals surface area contributed by atoms with Crippen LogP contribution in [0, 0.1) is 5.82 Å². The highest BCUT2D eigenvalue weighted by molar-refractivity contribution is 7.13. The first-order valence-electron chi connectivity index (χ1n) is 6.75. The van der Waals surface area contributed by atoms with Gasteiger partial charge in [0.1, 0.15) is 5.82 Å². The van der Waals surface area contributed by atoms with Crippen LogP contribution in [0.5, 0.6) is 0 Å². The second-order valence-electron chi connectivity index (χ2n) is 4.43. The topological polar surface area (TPSA) is 51.2 Å². The average molecular weight is 308 g/mol. The van der Waals surface area contributed by atoms with E-state index in [9.17, 15) is 9.18 Å². The summed E-state index contributed by atoms with van der Waals surface area (Å²) < 4.78 is 17.9. The number of nitrogens with one attached hydrogen (secondary N) is 1. The van der Waals surface area contributed by atoms with E-state index < -0.39 is 0 Å². The molecule has 2 rings (SSSR count). The molecule has 0 atom stereocenters. The first-order chi connectivity index (χ1) is 10.2. The van der Waals surface area contributed by atoms with Gasteiger partial charge in [-0.05, 0) is 24.6 Å². The van der Waals surface area contributed by atoms with Gasteiger partial charge >= 0.3 is 5.97 Å². The van der Waals surface area contributed by atoms with Crippen molar-refractivity contribution in [3.8, 4) is 0 Å². The van der Waals surface area contributed by atoms with Crippen LogP contribution >= 0.6 is 11.3 Å². The molecule has 0 aliphatic heterocycles. The summed E-state index contributed by atoms with van der Waals surface area (Å²) in [7, 11) is 0. The average Bonchev–Trinajstić information content (AvgIpc) is 2.91. The fourth-order valence-corrected chi connectivity index (χ4v) is 2.53. The highest BCUT2D eigenvalue weighted by Gasteiger charge is 2.06. The summed E-state index contributed by atoms with van der Waals surface area (Å²) in [5, 5.41) is 5.82. The number of carbonyl (C=O) groups excluding carboxylic acids is 1. The first-order valence-corrected chi connectivity index (χ1v) is 7.63. The zero-order valence-corrected chi connectivity index (χ0v) is 12.6. The molecule has 1 aromatic heterocycles. The highest BCUT2D eigenvalue weighted by Crippen LogP contribution is 2.18. The van der Waals surface area contributed by atoms with Gasteiger partial charge in [0.15, 0.2) is 5.13 Å². The number of benzene rings is 1. The Morgan fingerprint density at radius 3 is 3.10 bits per heavy atom. The SMILES string of the molecule is CCOC(=O)CCc1csc(NCc2cccc(F)c2)n1. The molecular weight excluding hydrogens is 291 g/mol. The lowest BCUT2D eigenvalue weighted by Crippen LogP contribution is -2.05. The lowest BCUT2D eigenvalue weighted by Gasteiger charge is -2.02. The fraction of sp³-hybridized carbons (Fsp3) is 0.333. The minimum Gasteiger partial charge on any atom is -0.466 e. The Balaban J connectivity index is 1.81. The monoisotopic (exact) mass is 308 g/mol. The second-order valence-corrected chi connectivity index (χ2v) is 5.29. The summed E-state index contributed by atoms with van der Waals surface area (Å²) in [5.41, 5.74) is 1.72. The van der Waals surface area contributed by atoms with E-state index in [-0.39, 0.29) is 11.8 Å². The van der Waals surface area contributed by atoms with Crippen molar-refractivity contribution in [3.05, 3.63) is 46.7 Å². The molecule has 1 N–H and O–H groups in total. The predicted molar refractivity (Wildman–Crippen MR) is 80.8 cm³/mol. The van der Waals surface area contributed by atoms with E-state index in [2.05, 4.69) is 10.3 Å². The summed E-state index contributed by atoms with van der Waals surface area (Å²) in [6.07, 6.45) is 0.901. The van der Waals surface area contributed by atoms with E-state index in [4.69, 9.17) is 4.74 Å². The molecule has 0 aliphatic carbocycles. The Morgan fingerprint density at radius 2 is 2.33 bits per heavy atom. The Kier molecular flexibility index (Phi) is 5.68. The van der Waals surface area contributed by atoms with E-state index in [1.807, 2.05) is 11.4 Å². The molecule has 4 nitrogen and oxygen atoms in total. The van der Waals surface area contributed by atoms with E-state index in [0.717, 1.165) is 16.4 Å². The molecule has 0 unspecified atom stereocenters. The zero-order chi connectivity index (χ0) is 15.1. The molecule has 0 fully saturated rings. The number of halogens is 1. The number of rotatable bonds is 7. The number of aryl methyl sites for hydroxylation is 1. The van der Waals surface area contributed by atoms with Gasteiger partial charge in [-0.3, -0.25) is 4.79 Å². The summed E-state index contributed by atoms with van der Waals surface area (Å²) in [6, 6.07) is 6.44. The first kappa shape index (κ1) is 15.4. The molecule has 1 aromatic carbocycles. The minimum atomic E-state index is -0.247. The third-order valence-corrected chi connectivity index (χ3v) is 3.62. The number of aromatic nitrogens is 1. The van der Waals surface area contributed by atoms with Crippen molar-refractivity contribution in [3.63, 3.8) is 0 Å². The van der Waals surface area contributed by atoms with Crippen molar-refractivity contribution < 1.29 is 13.9 Å². The summed E-state index contributed by atoms with van der Waals surface area (Å²) in [5.74, 6) is -0.455. The molecule has 0 saturated carbocycles. The third-order valence-electron chi connectivity index (χ3n) is 2.78. The van der Waals surface area contributed by atoms with Crippen LogP contribution in [0.4, 0.5) is 9.52 Å². The van der Waals surface area contributed by atoms with Crippen LogP contribution in [0.1, 0.15) is 24.6 Å². The second kappa shape index (κ2) is 7.73. The predicted octanol–water partition coefficient (Wildman–Crippen LogP) is 3.39. The van der Waals surface area contributed by atoms with E-state index in [0.29, 0.717) is 26.0 Å². The molecule has 0 saturated heterocycles. The van der Waals surface area contributed by atoms with Crippen molar-refractivity contribution in [2.24, 2.45) is 0 Å². The van der Waals surface area contributed by atoms with Crippen LogP contribution < -0.4 is 5.32 Å². The number of anilines is 1. The third kappa shape index (κ3) is 5.15. The van der Waals surface area contributed by atoms with Gasteiger partial charge in [0.2, 0.25) is 0 Å². The Labute approximate surface area is 127 Å². The van der Waals surface area contributed by atoms with Gasteiger partial charge in [0.05, 0.1) is 18.7 Å². The summed E-state index contributed by atoms with van der Waals surface area (Å²) >= 11 is 1.47. The normalized spacial score (nSPS) is 10.4. The van der Waals surface area contributed by atoms with Gasteiger partial charge in [0, 0.05) is 18.3 Å². The maximum atomic E-state index is 13.1. The van der Waals surface area contributed by atoms with Crippen molar-refractivity contribution in [1.29, 1.82) is 0 Å². The van der Waals surface area contributed by atoms with Crippen molar-refractivity contribution >= 4 is 22.4 Å². The van der Waals surface area contributed by atoms with Gasteiger partial charge in [-0.1, -0.05) is 12.1 Å². The largest absolute Gasteiger partial charge is 0.466 e. The van der Waals surface area contributed by atoms with Crippen LogP contribution in [0.15, 0.2) is 29.6 Å². The standard InChI is InChI=1S/C15H17FN2O2S/c1-2-20-14(19)7-6-13-10-21-15(18-13)17-9-11-4-3-5-12(16)8-11/h3-5,8,10H,2,6-7,9H2,1H3,(H,17,18). The van der Waals surface area contributed by atoms with Crippen LogP contribution in [0.3, 0.4) is 0 Å². The van der Waals surface area contributed by atoms with E-state index in [1.54, 1.807) is 13.0 Å². The van der Waals surface area contributed by atoms with Crippen LogP contribution in [-0.2, 0) is 22.5 Å². The van der Waals surface area contributed by atoms with Gasteiger partial charge in [-0.2, -0.15) is 0 Å². The molecule has 2 aromatic rings. The van der Waals surface area contributed by atoms with Crippen LogP contribution in [0.25, 0.3) is 0 Å². The Hall–Kier alpha value is -1.95. The summed E-state index contributed by atoms with van der Waals surface area (Å²) in [4.78, 5) is 15.7. The molecule has 0 bridgehead atoms. The molecule has 112 valence electrons. The number of esters is 1. The number of ether oxygens (including phenoxy) is 1.